The summed E-state index contributed by atoms with van der Waals surface area (Å²) in [5, 5.41) is 0. The highest BCUT2D eigenvalue weighted by Crippen LogP contribution is 2.14. The minimum absolute atomic E-state index is 0.00120. The summed E-state index contributed by atoms with van der Waals surface area (Å²) >= 11 is 0. The Morgan fingerprint density at radius 3 is 2.38 bits per heavy atom. The summed E-state index contributed by atoms with van der Waals surface area (Å²) in [6, 6.07) is 13.3. The molecule has 3 heteroatoms. The maximum Gasteiger partial charge on any atom is 0.274 e. The fourth-order valence-corrected chi connectivity index (χ4v) is 1.62. The van der Waals surface area contributed by atoms with Gasteiger partial charge >= 0.3 is 0 Å². The molecule has 0 unspecified atom stereocenters. The van der Waals surface area contributed by atoms with Crippen molar-refractivity contribution in [2.45, 2.75) is 0 Å². The van der Waals surface area contributed by atoms with Crippen LogP contribution in [0.15, 0.2) is 48.7 Å². The van der Waals surface area contributed by atoms with Gasteiger partial charge in [-0.25, -0.2) is 0 Å². The average Bonchev–Trinajstić information content (AvgIpc) is 2.75. The van der Waals surface area contributed by atoms with E-state index in [0.29, 0.717) is 5.69 Å². The number of aromatic nitrogens is 1. The number of hydrogen-bond acceptors (Lipinski definition) is 1. The van der Waals surface area contributed by atoms with Crippen LogP contribution < -0.4 is 4.90 Å². The van der Waals surface area contributed by atoms with Gasteiger partial charge in [-0.05, 0) is 24.3 Å². The Balaban J connectivity index is 2.27. The van der Waals surface area contributed by atoms with E-state index in [2.05, 4.69) is 0 Å². The zero-order valence-corrected chi connectivity index (χ0v) is 9.42. The van der Waals surface area contributed by atoms with Crippen molar-refractivity contribution in [2.24, 2.45) is 7.05 Å². The minimum Gasteiger partial charge on any atom is -0.347 e. The quantitative estimate of drug-likeness (QED) is 0.753. The minimum atomic E-state index is -0.00120. The van der Waals surface area contributed by atoms with Crippen molar-refractivity contribution in [3.05, 3.63) is 54.4 Å². The number of para-hydroxylation sites is 1. The molecule has 0 aliphatic heterocycles. The molecule has 0 radical (unpaired) electrons. The Morgan fingerprint density at radius 2 is 1.81 bits per heavy atom. The molecule has 16 heavy (non-hydrogen) atoms. The molecule has 0 bridgehead atoms. The van der Waals surface area contributed by atoms with Gasteiger partial charge in [0.1, 0.15) is 5.69 Å². The van der Waals surface area contributed by atoms with E-state index < -0.39 is 0 Å². The average molecular weight is 214 g/mol. The molecule has 0 fully saturated rings. The lowest BCUT2D eigenvalue weighted by Gasteiger charge is -2.17. The summed E-state index contributed by atoms with van der Waals surface area (Å²) in [6.45, 7) is 0. The predicted octanol–water partition coefficient (Wildman–Crippen LogP) is 2.30. The molecule has 0 saturated heterocycles. The lowest BCUT2D eigenvalue weighted by molar-refractivity contribution is 0.0985. The number of hydrogen-bond donors (Lipinski definition) is 0. The highest BCUT2D eigenvalue weighted by atomic mass is 16.2. The molecule has 1 aromatic heterocycles. The highest BCUT2D eigenvalue weighted by molar-refractivity contribution is 6.04. The second kappa shape index (κ2) is 4.23. The van der Waals surface area contributed by atoms with Crippen molar-refractivity contribution in [3.8, 4) is 0 Å². The van der Waals surface area contributed by atoms with Gasteiger partial charge in [-0.3, -0.25) is 4.79 Å². The molecular weight excluding hydrogens is 200 g/mol. The van der Waals surface area contributed by atoms with Crippen molar-refractivity contribution >= 4 is 11.6 Å². The fourth-order valence-electron chi connectivity index (χ4n) is 1.62. The molecule has 0 atom stereocenters. The number of aryl methyl sites for hydroxylation is 1. The number of benzene rings is 1. The van der Waals surface area contributed by atoms with Crippen LogP contribution in [0, 0.1) is 0 Å². The number of carbonyl (C=O) groups is 1. The maximum atomic E-state index is 12.1. The van der Waals surface area contributed by atoms with Crippen LogP contribution in [0.1, 0.15) is 10.5 Å². The van der Waals surface area contributed by atoms with Gasteiger partial charge in [0.2, 0.25) is 0 Å². The van der Waals surface area contributed by atoms with Gasteiger partial charge in [0.05, 0.1) is 0 Å². The van der Waals surface area contributed by atoms with Gasteiger partial charge in [-0.2, -0.15) is 0 Å². The van der Waals surface area contributed by atoms with Gasteiger partial charge in [0, 0.05) is 26.0 Å². The molecule has 0 saturated carbocycles. The molecule has 1 heterocycles. The van der Waals surface area contributed by atoms with Crippen molar-refractivity contribution < 1.29 is 4.79 Å². The zero-order chi connectivity index (χ0) is 11.5. The van der Waals surface area contributed by atoms with Crippen molar-refractivity contribution in [1.82, 2.24) is 4.57 Å². The van der Waals surface area contributed by atoms with Crippen molar-refractivity contribution in [1.29, 1.82) is 0 Å². The molecular formula is C13H14N2O. The molecule has 82 valence electrons. The van der Waals surface area contributed by atoms with Crippen LogP contribution in [-0.4, -0.2) is 17.5 Å². The normalized spacial score (nSPS) is 10.1. The lowest BCUT2D eigenvalue weighted by Crippen LogP contribution is -2.27. The lowest BCUT2D eigenvalue weighted by atomic mass is 10.3. The van der Waals surface area contributed by atoms with E-state index in [0.717, 1.165) is 5.69 Å². The largest absolute Gasteiger partial charge is 0.347 e. The van der Waals surface area contributed by atoms with Crippen LogP contribution in [0.5, 0.6) is 0 Å². The van der Waals surface area contributed by atoms with Crippen molar-refractivity contribution in [3.63, 3.8) is 0 Å². The Morgan fingerprint density at radius 1 is 1.12 bits per heavy atom. The third kappa shape index (κ3) is 1.84. The first-order valence-electron chi connectivity index (χ1n) is 5.14. The van der Waals surface area contributed by atoms with Crippen LogP contribution in [0.2, 0.25) is 0 Å². The van der Waals surface area contributed by atoms with Gasteiger partial charge < -0.3 is 9.47 Å². The SMILES string of the molecule is CN(C(=O)c1cccn1C)c1ccccc1. The number of carbonyl (C=O) groups excluding carboxylic acids is 1. The fraction of sp³-hybridized carbons (Fsp3) is 0.154. The molecule has 2 aromatic rings. The molecule has 0 aliphatic carbocycles. The summed E-state index contributed by atoms with van der Waals surface area (Å²) in [6.07, 6.45) is 1.87. The second-order valence-corrected chi connectivity index (χ2v) is 3.70. The molecule has 1 aromatic carbocycles. The summed E-state index contributed by atoms with van der Waals surface area (Å²) in [7, 11) is 3.65. The number of anilines is 1. The molecule has 0 spiro atoms. The van der Waals surface area contributed by atoms with E-state index in [9.17, 15) is 4.79 Å². The third-order valence-corrected chi connectivity index (χ3v) is 2.61. The smallest absolute Gasteiger partial charge is 0.274 e. The van der Waals surface area contributed by atoms with Crippen LogP contribution in [0.25, 0.3) is 0 Å². The van der Waals surface area contributed by atoms with E-state index in [1.54, 1.807) is 11.9 Å². The van der Waals surface area contributed by atoms with E-state index in [-0.39, 0.29) is 5.91 Å². The molecule has 0 aliphatic rings. The van der Waals surface area contributed by atoms with Crippen LogP contribution >= 0.6 is 0 Å². The Labute approximate surface area is 94.9 Å². The van der Waals surface area contributed by atoms with Gasteiger partial charge in [-0.15, -0.1) is 0 Å². The first kappa shape index (κ1) is 10.5. The first-order chi connectivity index (χ1) is 7.70. The Hall–Kier alpha value is -2.03. The second-order valence-electron chi connectivity index (χ2n) is 3.70. The summed E-state index contributed by atoms with van der Waals surface area (Å²) < 4.78 is 1.82. The molecule has 2 rings (SSSR count). The highest BCUT2D eigenvalue weighted by Gasteiger charge is 2.15. The van der Waals surface area contributed by atoms with Gasteiger partial charge in [-0.1, -0.05) is 18.2 Å². The monoisotopic (exact) mass is 214 g/mol. The molecule has 0 N–H and O–H groups in total. The summed E-state index contributed by atoms with van der Waals surface area (Å²) in [5.41, 5.74) is 1.58. The predicted molar refractivity (Wildman–Crippen MR) is 64.6 cm³/mol. The van der Waals surface area contributed by atoms with Crippen molar-refractivity contribution in [2.75, 3.05) is 11.9 Å². The standard InChI is InChI=1S/C13H14N2O/c1-14-10-6-9-12(14)13(16)15(2)11-7-4-3-5-8-11/h3-10H,1-2H3. The Bertz CT molecular complexity index is 488. The number of nitrogens with zero attached hydrogens (tertiary/aromatic N) is 2. The van der Waals surface area contributed by atoms with E-state index in [4.69, 9.17) is 0 Å². The topological polar surface area (TPSA) is 25.2 Å². The summed E-state index contributed by atoms with van der Waals surface area (Å²) in [5.74, 6) is -0.00120. The van der Waals surface area contributed by atoms with E-state index in [1.165, 1.54) is 0 Å². The third-order valence-electron chi connectivity index (χ3n) is 2.61. The van der Waals surface area contributed by atoms with E-state index >= 15 is 0 Å². The maximum absolute atomic E-state index is 12.1. The number of rotatable bonds is 2. The number of amides is 1. The van der Waals surface area contributed by atoms with E-state index in [1.807, 2.05) is 60.3 Å². The summed E-state index contributed by atoms with van der Waals surface area (Å²) in [4.78, 5) is 13.8. The van der Waals surface area contributed by atoms with Crippen LogP contribution in [0.3, 0.4) is 0 Å². The van der Waals surface area contributed by atoms with Crippen LogP contribution in [0.4, 0.5) is 5.69 Å². The van der Waals surface area contributed by atoms with Gasteiger partial charge in [0.25, 0.3) is 5.91 Å². The Kier molecular flexibility index (Phi) is 2.77. The molecule has 1 amide bonds. The zero-order valence-electron chi connectivity index (χ0n) is 9.42. The van der Waals surface area contributed by atoms with Gasteiger partial charge in [0.15, 0.2) is 0 Å². The van der Waals surface area contributed by atoms with Crippen LogP contribution in [-0.2, 0) is 7.05 Å². The first-order valence-corrected chi connectivity index (χ1v) is 5.14. The molecule has 3 nitrogen and oxygen atoms in total.